The van der Waals surface area contributed by atoms with Crippen molar-refractivity contribution in [2.24, 2.45) is 0 Å². The second-order valence-electron chi connectivity index (χ2n) is 5.00. The molecule has 0 bridgehead atoms. The Hall–Kier alpha value is -2.79. The Morgan fingerprint density at radius 2 is 1.61 bits per heavy atom. The van der Waals surface area contributed by atoms with Crippen molar-refractivity contribution in [3.8, 4) is 10.6 Å². The normalized spacial score (nSPS) is 10.3. The predicted octanol–water partition coefficient (Wildman–Crippen LogP) is 4.27. The number of ketones is 1. The van der Waals surface area contributed by atoms with E-state index in [0.717, 1.165) is 10.6 Å². The van der Waals surface area contributed by atoms with Crippen LogP contribution in [-0.2, 0) is 0 Å². The molecule has 3 aromatic rings. The number of rotatable bonds is 4. The van der Waals surface area contributed by atoms with Crippen molar-refractivity contribution in [2.45, 2.75) is 6.92 Å². The molecule has 4 nitrogen and oxygen atoms in total. The molecule has 0 aliphatic rings. The minimum absolute atomic E-state index is 0.000604. The third-order valence-electron chi connectivity index (χ3n) is 3.38. The molecule has 1 N–H and O–H groups in total. The van der Waals surface area contributed by atoms with Crippen molar-refractivity contribution in [1.29, 1.82) is 0 Å². The van der Waals surface area contributed by atoms with Gasteiger partial charge in [0.05, 0.1) is 0 Å². The second kappa shape index (κ2) is 6.54. The number of nitrogens with one attached hydrogen (secondary N) is 1. The van der Waals surface area contributed by atoms with E-state index < -0.39 is 0 Å². The van der Waals surface area contributed by atoms with Crippen LogP contribution in [-0.4, -0.2) is 16.7 Å². The molecular weight excluding hydrogens is 308 g/mol. The van der Waals surface area contributed by atoms with E-state index >= 15 is 0 Å². The van der Waals surface area contributed by atoms with Gasteiger partial charge >= 0.3 is 0 Å². The van der Waals surface area contributed by atoms with Crippen LogP contribution in [0.15, 0.2) is 60.1 Å². The monoisotopic (exact) mass is 322 g/mol. The number of hydrogen-bond acceptors (Lipinski definition) is 4. The van der Waals surface area contributed by atoms with Gasteiger partial charge in [-0.2, -0.15) is 0 Å². The molecule has 0 fully saturated rings. The molecule has 0 radical (unpaired) electrons. The van der Waals surface area contributed by atoms with Crippen LogP contribution in [0.4, 0.5) is 5.69 Å². The fourth-order valence-electron chi connectivity index (χ4n) is 2.12. The van der Waals surface area contributed by atoms with Crippen LogP contribution in [0.5, 0.6) is 0 Å². The van der Waals surface area contributed by atoms with Crippen molar-refractivity contribution in [3.05, 3.63) is 71.2 Å². The van der Waals surface area contributed by atoms with Gasteiger partial charge in [0.25, 0.3) is 5.91 Å². The first-order chi connectivity index (χ1) is 11.1. The van der Waals surface area contributed by atoms with Gasteiger partial charge in [0.2, 0.25) is 0 Å². The summed E-state index contributed by atoms with van der Waals surface area (Å²) in [6.45, 7) is 1.51. The predicted molar refractivity (Wildman–Crippen MR) is 91.9 cm³/mol. The van der Waals surface area contributed by atoms with Crippen LogP contribution >= 0.6 is 11.3 Å². The number of carbonyl (C=O) groups is 2. The number of anilines is 1. The summed E-state index contributed by atoms with van der Waals surface area (Å²) in [6.07, 6.45) is 1.76. The van der Waals surface area contributed by atoms with Gasteiger partial charge in [0.15, 0.2) is 5.78 Å². The summed E-state index contributed by atoms with van der Waals surface area (Å²) in [5, 5.41) is 5.66. The molecule has 0 saturated carbocycles. The minimum atomic E-state index is -0.189. The quantitative estimate of drug-likeness (QED) is 0.730. The van der Waals surface area contributed by atoms with E-state index in [1.54, 1.807) is 53.9 Å². The zero-order chi connectivity index (χ0) is 16.2. The van der Waals surface area contributed by atoms with Crippen molar-refractivity contribution >= 4 is 28.7 Å². The molecule has 1 amide bonds. The third-order valence-corrected chi connectivity index (χ3v) is 4.20. The number of Topliss-reactive ketones (excluding diaryl/α,β-unsaturated/α-hetero) is 1. The van der Waals surface area contributed by atoms with Gasteiger partial charge in [-0.3, -0.25) is 9.59 Å². The maximum atomic E-state index is 12.2. The average Bonchev–Trinajstić information content (AvgIpc) is 3.10. The summed E-state index contributed by atoms with van der Waals surface area (Å²) in [6, 6.07) is 14.1. The highest BCUT2D eigenvalue weighted by Gasteiger charge is 2.08. The molecule has 114 valence electrons. The third kappa shape index (κ3) is 3.52. The van der Waals surface area contributed by atoms with Crippen LogP contribution in [0.1, 0.15) is 27.6 Å². The highest BCUT2D eigenvalue weighted by atomic mass is 32.1. The summed E-state index contributed by atoms with van der Waals surface area (Å²) in [5.41, 5.74) is 2.84. The lowest BCUT2D eigenvalue weighted by Gasteiger charge is -2.06. The molecule has 0 spiro atoms. The van der Waals surface area contributed by atoms with Crippen molar-refractivity contribution < 1.29 is 9.59 Å². The fourth-order valence-corrected chi connectivity index (χ4v) is 2.77. The first-order valence-corrected chi connectivity index (χ1v) is 7.94. The molecular formula is C18H14N2O2S. The first kappa shape index (κ1) is 15.1. The lowest BCUT2D eigenvalue weighted by Crippen LogP contribution is -2.11. The Kier molecular flexibility index (Phi) is 4.30. The van der Waals surface area contributed by atoms with Gasteiger partial charge in [-0.05, 0) is 43.3 Å². The maximum Gasteiger partial charge on any atom is 0.255 e. The Labute approximate surface area is 137 Å². The summed E-state index contributed by atoms with van der Waals surface area (Å²) in [4.78, 5) is 27.7. The van der Waals surface area contributed by atoms with Gasteiger partial charge in [-0.1, -0.05) is 12.1 Å². The molecule has 0 unspecified atom stereocenters. The maximum absolute atomic E-state index is 12.2. The number of benzene rings is 2. The Balaban J connectivity index is 1.71. The van der Waals surface area contributed by atoms with Crippen LogP contribution in [0.2, 0.25) is 0 Å². The van der Waals surface area contributed by atoms with Gasteiger partial charge < -0.3 is 5.32 Å². The highest BCUT2D eigenvalue weighted by molar-refractivity contribution is 7.13. The summed E-state index contributed by atoms with van der Waals surface area (Å²) < 4.78 is 0. The van der Waals surface area contributed by atoms with Gasteiger partial charge in [0.1, 0.15) is 5.01 Å². The summed E-state index contributed by atoms with van der Waals surface area (Å²) >= 11 is 1.56. The molecule has 5 heteroatoms. The van der Waals surface area contributed by atoms with Crippen LogP contribution < -0.4 is 5.32 Å². The smallest absolute Gasteiger partial charge is 0.255 e. The van der Waals surface area contributed by atoms with E-state index in [1.807, 2.05) is 17.5 Å². The molecule has 0 atom stereocenters. The van der Waals surface area contributed by atoms with E-state index in [2.05, 4.69) is 10.3 Å². The van der Waals surface area contributed by atoms with Crippen LogP contribution in [0, 0.1) is 0 Å². The number of amides is 1. The lowest BCUT2D eigenvalue weighted by atomic mass is 10.1. The Morgan fingerprint density at radius 3 is 2.17 bits per heavy atom. The first-order valence-electron chi connectivity index (χ1n) is 7.06. The molecule has 0 aliphatic carbocycles. The number of carbonyl (C=O) groups excluding carboxylic acids is 2. The zero-order valence-corrected chi connectivity index (χ0v) is 13.3. The van der Waals surface area contributed by atoms with E-state index in [1.165, 1.54) is 6.92 Å². The highest BCUT2D eigenvalue weighted by Crippen LogP contribution is 2.22. The SMILES string of the molecule is CC(=O)c1ccc(NC(=O)c2ccc(-c3nccs3)cc2)cc1. The molecule has 23 heavy (non-hydrogen) atoms. The van der Waals surface area contributed by atoms with Crippen molar-refractivity contribution in [2.75, 3.05) is 5.32 Å². The number of thiazole rings is 1. The molecule has 3 rings (SSSR count). The second-order valence-corrected chi connectivity index (χ2v) is 5.90. The number of aromatic nitrogens is 1. The van der Waals surface area contributed by atoms with E-state index in [0.29, 0.717) is 16.8 Å². The van der Waals surface area contributed by atoms with Crippen LogP contribution in [0.3, 0.4) is 0 Å². The molecule has 1 aromatic heterocycles. The summed E-state index contributed by atoms with van der Waals surface area (Å²) in [7, 11) is 0. The van der Waals surface area contributed by atoms with Gasteiger partial charge in [-0.25, -0.2) is 4.98 Å². The standard InChI is InChI=1S/C18H14N2O2S/c1-12(21)13-6-8-16(9-7-13)20-17(22)14-2-4-15(5-3-14)18-19-10-11-23-18/h2-11H,1H3,(H,20,22). The van der Waals surface area contributed by atoms with Gasteiger partial charge in [-0.15, -0.1) is 11.3 Å². The topological polar surface area (TPSA) is 59.1 Å². The average molecular weight is 322 g/mol. The largest absolute Gasteiger partial charge is 0.322 e. The number of hydrogen-bond donors (Lipinski definition) is 1. The van der Waals surface area contributed by atoms with Crippen molar-refractivity contribution in [3.63, 3.8) is 0 Å². The molecule has 0 saturated heterocycles. The fraction of sp³-hybridized carbons (Fsp3) is 0.0556. The van der Waals surface area contributed by atoms with E-state index in [9.17, 15) is 9.59 Å². The Bertz CT molecular complexity index is 822. The Morgan fingerprint density at radius 1 is 0.957 bits per heavy atom. The minimum Gasteiger partial charge on any atom is -0.322 e. The molecule has 0 aliphatic heterocycles. The van der Waals surface area contributed by atoms with E-state index in [4.69, 9.17) is 0 Å². The van der Waals surface area contributed by atoms with Gasteiger partial charge in [0, 0.05) is 34.0 Å². The summed E-state index contributed by atoms with van der Waals surface area (Å²) in [5.74, 6) is -0.188. The molecule has 1 heterocycles. The van der Waals surface area contributed by atoms with E-state index in [-0.39, 0.29) is 11.7 Å². The van der Waals surface area contributed by atoms with Crippen LogP contribution in [0.25, 0.3) is 10.6 Å². The molecule has 2 aromatic carbocycles. The lowest BCUT2D eigenvalue weighted by molar-refractivity contribution is 0.101. The zero-order valence-electron chi connectivity index (χ0n) is 12.4. The van der Waals surface area contributed by atoms with Crippen molar-refractivity contribution in [1.82, 2.24) is 4.98 Å². The number of nitrogens with zero attached hydrogens (tertiary/aromatic N) is 1.